The summed E-state index contributed by atoms with van der Waals surface area (Å²) < 4.78 is 1.29. The quantitative estimate of drug-likeness (QED) is 0.699. The van der Waals surface area contributed by atoms with E-state index in [2.05, 4.69) is 22.4 Å². The second kappa shape index (κ2) is 7.70. The third-order valence-corrected chi connectivity index (χ3v) is 5.18. The Morgan fingerprint density at radius 3 is 2.70 bits per heavy atom. The lowest BCUT2D eigenvalue weighted by Crippen LogP contribution is -2.38. The van der Waals surface area contributed by atoms with Crippen LogP contribution in [0.5, 0.6) is 0 Å². The summed E-state index contributed by atoms with van der Waals surface area (Å²) in [5, 5.41) is 8.58. The third-order valence-electron chi connectivity index (χ3n) is 5.18. The van der Waals surface area contributed by atoms with Crippen LogP contribution in [0.1, 0.15) is 24.8 Å². The van der Waals surface area contributed by atoms with Gasteiger partial charge in [0.15, 0.2) is 0 Å². The molecule has 1 amide bonds. The van der Waals surface area contributed by atoms with Crippen molar-refractivity contribution in [1.29, 1.82) is 0 Å². The number of carbonyl (C=O) groups is 1. The highest BCUT2D eigenvalue weighted by molar-refractivity contribution is 5.77. The van der Waals surface area contributed by atoms with Crippen LogP contribution in [-0.4, -0.2) is 38.4 Å². The highest BCUT2D eigenvalue weighted by Gasteiger charge is 2.28. The van der Waals surface area contributed by atoms with Gasteiger partial charge in [0.25, 0.3) is 5.56 Å². The maximum absolute atomic E-state index is 12.8. The minimum absolute atomic E-state index is 0.0790. The molecule has 3 aromatic rings. The molecule has 1 fully saturated rings. The number of likely N-dealkylation sites (tertiary alicyclic amines) is 1. The Labute approximate surface area is 157 Å². The van der Waals surface area contributed by atoms with Gasteiger partial charge in [0.2, 0.25) is 5.91 Å². The Balaban J connectivity index is 1.43. The van der Waals surface area contributed by atoms with Crippen molar-refractivity contribution in [3.63, 3.8) is 0 Å². The molecule has 0 aliphatic carbocycles. The van der Waals surface area contributed by atoms with Crippen molar-refractivity contribution in [2.24, 2.45) is 0 Å². The molecule has 1 saturated heterocycles. The number of aryl methyl sites for hydroxylation is 1. The van der Waals surface area contributed by atoms with Crippen molar-refractivity contribution < 1.29 is 4.79 Å². The number of fused-ring (bicyclic) bond motifs is 1. The van der Waals surface area contributed by atoms with Gasteiger partial charge in [0.05, 0.1) is 11.9 Å². The minimum Gasteiger partial charge on any atom is -0.339 e. The molecule has 2 heterocycles. The summed E-state index contributed by atoms with van der Waals surface area (Å²) in [6.45, 7) is 1.04. The van der Waals surface area contributed by atoms with Gasteiger partial charge in [-0.1, -0.05) is 47.7 Å². The summed E-state index contributed by atoms with van der Waals surface area (Å²) in [7, 11) is 0. The van der Waals surface area contributed by atoms with Gasteiger partial charge in [-0.25, -0.2) is 4.68 Å². The summed E-state index contributed by atoms with van der Waals surface area (Å²) in [6.07, 6.45) is 3.19. The molecule has 0 radical (unpaired) electrons. The molecule has 1 unspecified atom stereocenters. The van der Waals surface area contributed by atoms with E-state index in [4.69, 9.17) is 0 Å². The monoisotopic (exact) mass is 362 g/mol. The normalized spacial score (nSPS) is 16.7. The van der Waals surface area contributed by atoms with Crippen LogP contribution in [0.15, 0.2) is 59.4 Å². The summed E-state index contributed by atoms with van der Waals surface area (Å²) in [5.74, 6) is 0.0790. The van der Waals surface area contributed by atoms with Gasteiger partial charge in [0, 0.05) is 19.0 Å². The topological polar surface area (TPSA) is 68.1 Å². The van der Waals surface area contributed by atoms with Crippen molar-refractivity contribution in [1.82, 2.24) is 19.9 Å². The molecular weight excluding hydrogens is 340 g/mol. The molecule has 0 spiro atoms. The van der Waals surface area contributed by atoms with Crippen LogP contribution in [0.4, 0.5) is 0 Å². The fourth-order valence-electron chi connectivity index (χ4n) is 3.78. The van der Waals surface area contributed by atoms with E-state index in [0.717, 1.165) is 25.8 Å². The number of hydrogen-bond acceptors (Lipinski definition) is 4. The smallest absolute Gasteiger partial charge is 0.277 e. The Kier molecular flexibility index (Phi) is 4.96. The molecule has 1 aliphatic heterocycles. The second-order valence-electron chi connectivity index (χ2n) is 6.96. The summed E-state index contributed by atoms with van der Waals surface area (Å²) >= 11 is 0. The number of nitrogens with zero attached hydrogens (tertiary/aromatic N) is 4. The Morgan fingerprint density at radius 1 is 1.07 bits per heavy atom. The standard InChI is InChI=1S/C21H22N4O2/c26-20(24-13-6-9-17(24)15-16-7-2-1-3-8-16)12-14-25-21(27)18-10-4-5-11-19(18)22-23-25/h1-5,7-8,10-11,17H,6,9,12-15H2. The van der Waals surface area contributed by atoms with E-state index in [1.807, 2.05) is 29.2 Å². The average Bonchev–Trinajstić information content (AvgIpc) is 3.16. The molecule has 1 aliphatic rings. The molecule has 138 valence electrons. The minimum atomic E-state index is -0.198. The summed E-state index contributed by atoms with van der Waals surface area (Å²) in [5.41, 5.74) is 1.63. The lowest BCUT2D eigenvalue weighted by Gasteiger charge is -2.25. The lowest BCUT2D eigenvalue weighted by molar-refractivity contribution is -0.132. The Hall–Kier alpha value is -3.02. The maximum Gasteiger partial charge on any atom is 0.277 e. The maximum atomic E-state index is 12.8. The molecule has 0 N–H and O–H groups in total. The van der Waals surface area contributed by atoms with Crippen LogP contribution >= 0.6 is 0 Å². The van der Waals surface area contributed by atoms with E-state index >= 15 is 0 Å². The molecule has 2 aromatic carbocycles. The zero-order valence-electron chi connectivity index (χ0n) is 15.1. The molecule has 4 rings (SSSR count). The predicted octanol–water partition coefficient (Wildman–Crippen LogP) is 2.42. The predicted molar refractivity (Wildman–Crippen MR) is 103 cm³/mol. The lowest BCUT2D eigenvalue weighted by atomic mass is 10.0. The first-order valence-electron chi connectivity index (χ1n) is 9.38. The van der Waals surface area contributed by atoms with Crippen molar-refractivity contribution >= 4 is 16.8 Å². The van der Waals surface area contributed by atoms with Crippen molar-refractivity contribution in [2.45, 2.75) is 38.3 Å². The molecule has 0 saturated carbocycles. The fourth-order valence-corrected chi connectivity index (χ4v) is 3.78. The molecular formula is C21H22N4O2. The van der Waals surface area contributed by atoms with Gasteiger partial charge >= 0.3 is 0 Å². The first-order chi connectivity index (χ1) is 13.2. The highest BCUT2D eigenvalue weighted by Crippen LogP contribution is 2.22. The van der Waals surface area contributed by atoms with Gasteiger partial charge in [-0.3, -0.25) is 9.59 Å². The van der Waals surface area contributed by atoms with Crippen LogP contribution in [0, 0.1) is 0 Å². The third kappa shape index (κ3) is 3.74. The molecule has 0 bridgehead atoms. The zero-order valence-corrected chi connectivity index (χ0v) is 15.1. The van der Waals surface area contributed by atoms with Gasteiger partial charge in [-0.05, 0) is 37.0 Å². The Morgan fingerprint density at radius 2 is 1.85 bits per heavy atom. The largest absolute Gasteiger partial charge is 0.339 e. The Bertz CT molecular complexity index is 1000. The average molecular weight is 362 g/mol. The van der Waals surface area contributed by atoms with E-state index in [9.17, 15) is 9.59 Å². The first-order valence-corrected chi connectivity index (χ1v) is 9.38. The number of rotatable bonds is 5. The van der Waals surface area contributed by atoms with Crippen LogP contribution in [-0.2, 0) is 17.8 Å². The summed E-state index contributed by atoms with van der Waals surface area (Å²) in [6, 6.07) is 17.6. The van der Waals surface area contributed by atoms with Crippen LogP contribution in [0.3, 0.4) is 0 Å². The second-order valence-corrected chi connectivity index (χ2v) is 6.96. The van der Waals surface area contributed by atoms with Gasteiger partial charge < -0.3 is 4.90 Å². The fraction of sp³-hybridized carbons (Fsp3) is 0.333. The molecule has 6 heteroatoms. The zero-order chi connectivity index (χ0) is 18.6. The van der Waals surface area contributed by atoms with Gasteiger partial charge in [-0.2, -0.15) is 0 Å². The molecule has 27 heavy (non-hydrogen) atoms. The van der Waals surface area contributed by atoms with E-state index in [0.29, 0.717) is 10.9 Å². The molecule has 1 atom stereocenters. The van der Waals surface area contributed by atoms with Crippen molar-refractivity contribution in [2.75, 3.05) is 6.54 Å². The number of carbonyl (C=O) groups excluding carboxylic acids is 1. The van der Waals surface area contributed by atoms with Crippen molar-refractivity contribution in [3.05, 3.63) is 70.5 Å². The van der Waals surface area contributed by atoms with Crippen LogP contribution < -0.4 is 5.56 Å². The van der Waals surface area contributed by atoms with Gasteiger partial charge in [0.1, 0.15) is 5.52 Å². The van der Waals surface area contributed by atoms with Crippen LogP contribution in [0.25, 0.3) is 10.9 Å². The van der Waals surface area contributed by atoms with Crippen molar-refractivity contribution in [3.8, 4) is 0 Å². The van der Waals surface area contributed by atoms with E-state index in [1.54, 1.807) is 18.2 Å². The first kappa shape index (κ1) is 17.4. The van der Waals surface area contributed by atoms with E-state index < -0.39 is 0 Å². The van der Waals surface area contributed by atoms with E-state index in [1.165, 1.54) is 10.2 Å². The SMILES string of the molecule is O=C(CCn1nnc2ccccc2c1=O)N1CCCC1Cc1ccccc1. The van der Waals surface area contributed by atoms with Gasteiger partial charge in [-0.15, -0.1) is 5.10 Å². The molecule has 1 aromatic heterocycles. The number of aromatic nitrogens is 3. The molecule has 6 nitrogen and oxygen atoms in total. The van der Waals surface area contributed by atoms with Crippen LogP contribution in [0.2, 0.25) is 0 Å². The number of benzene rings is 2. The number of hydrogen-bond donors (Lipinski definition) is 0. The number of amides is 1. The van der Waals surface area contributed by atoms with E-state index in [-0.39, 0.29) is 30.5 Å². The summed E-state index contributed by atoms with van der Waals surface area (Å²) in [4.78, 5) is 27.2. The highest BCUT2D eigenvalue weighted by atomic mass is 16.2.